The number of rotatable bonds is 8. The number of likely N-dealkylation sites (N-methyl/N-ethyl adjacent to an activating group) is 1. The van der Waals surface area contributed by atoms with E-state index in [-0.39, 0.29) is 17.2 Å². The van der Waals surface area contributed by atoms with Gasteiger partial charge in [-0.1, -0.05) is 12.1 Å². The molecule has 2 rings (SSSR count). The summed E-state index contributed by atoms with van der Waals surface area (Å²) in [5.41, 5.74) is 0.563. The van der Waals surface area contributed by atoms with Crippen LogP contribution < -0.4 is 14.2 Å². The Morgan fingerprint density at radius 3 is 2.27 bits per heavy atom. The number of aliphatic hydroxyl groups excluding tert-OH is 1. The van der Waals surface area contributed by atoms with Gasteiger partial charge in [-0.25, -0.2) is 8.42 Å². The molecule has 0 saturated carbocycles. The van der Waals surface area contributed by atoms with E-state index >= 15 is 0 Å². The third-order valence-electron chi connectivity index (χ3n) is 3.97. The summed E-state index contributed by atoms with van der Waals surface area (Å²) in [4.78, 5) is 0.00106. The second-order valence-corrected chi connectivity index (χ2v) is 7.61. The first kappa shape index (κ1) is 20.0. The zero-order valence-electron chi connectivity index (χ0n) is 15.2. The van der Waals surface area contributed by atoms with Gasteiger partial charge in [0.2, 0.25) is 10.0 Å². The summed E-state index contributed by atoms with van der Waals surface area (Å²) in [6.07, 6.45) is -1.01. The minimum absolute atomic E-state index is 0.00106. The molecule has 0 saturated heterocycles. The normalized spacial score (nSPS) is 12.7. The van der Waals surface area contributed by atoms with Crippen LogP contribution in [0.15, 0.2) is 47.4 Å². The van der Waals surface area contributed by atoms with Crippen molar-refractivity contribution in [2.45, 2.75) is 11.0 Å². The summed E-state index contributed by atoms with van der Waals surface area (Å²) in [5, 5.41) is 10.4. The van der Waals surface area contributed by atoms with Crippen LogP contribution in [0, 0.1) is 0 Å². The molecule has 0 spiro atoms. The van der Waals surface area contributed by atoms with E-state index in [1.165, 1.54) is 40.5 Å². The fourth-order valence-electron chi connectivity index (χ4n) is 2.45. The second-order valence-electron chi connectivity index (χ2n) is 5.59. The molecule has 1 atom stereocenters. The Morgan fingerprint density at radius 1 is 1.00 bits per heavy atom. The fourth-order valence-corrected chi connectivity index (χ4v) is 3.76. The Bertz CT molecular complexity index is 853. The van der Waals surface area contributed by atoms with Crippen LogP contribution in [0.4, 0.5) is 0 Å². The molecule has 0 aliphatic rings. The zero-order valence-corrected chi connectivity index (χ0v) is 16.0. The van der Waals surface area contributed by atoms with Gasteiger partial charge in [0.15, 0.2) is 0 Å². The first-order chi connectivity index (χ1) is 12.3. The van der Waals surface area contributed by atoms with Crippen molar-refractivity contribution in [2.75, 3.05) is 34.9 Å². The third kappa shape index (κ3) is 4.27. The first-order valence-electron chi connectivity index (χ1n) is 7.84. The number of ether oxygens (including phenoxy) is 3. The lowest BCUT2D eigenvalue weighted by atomic mass is 10.1. The summed E-state index contributed by atoms with van der Waals surface area (Å²) in [5.74, 6) is 1.25. The van der Waals surface area contributed by atoms with Crippen molar-refractivity contribution in [3.8, 4) is 17.2 Å². The Labute approximate surface area is 153 Å². The number of methoxy groups -OCH3 is 3. The zero-order chi connectivity index (χ0) is 19.3. The fraction of sp³-hybridized carbons (Fsp3) is 0.333. The second kappa shape index (κ2) is 8.39. The molecule has 26 heavy (non-hydrogen) atoms. The van der Waals surface area contributed by atoms with E-state index in [1.807, 2.05) is 0 Å². The van der Waals surface area contributed by atoms with E-state index < -0.39 is 16.1 Å². The molecule has 0 amide bonds. The number of benzene rings is 2. The largest absolute Gasteiger partial charge is 0.497 e. The minimum atomic E-state index is -3.86. The Hall–Kier alpha value is -2.29. The molecular formula is C18H23NO6S. The highest BCUT2D eigenvalue weighted by atomic mass is 32.2. The molecule has 2 aromatic rings. The number of aliphatic hydroxyl groups is 1. The first-order valence-corrected chi connectivity index (χ1v) is 9.28. The van der Waals surface area contributed by atoms with Gasteiger partial charge in [-0.15, -0.1) is 0 Å². The predicted octanol–water partition coefficient (Wildman–Crippen LogP) is 2.07. The quantitative estimate of drug-likeness (QED) is 0.753. The third-order valence-corrected chi connectivity index (χ3v) is 5.83. The Kier molecular flexibility index (Phi) is 6.47. The van der Waals surface area contributed by atoms with Gasteiger partial charge in [-0.2, -0.15) is 4.31 Å². The van der Waals surface area contributed by atoms with Crippen LogP contribution in [0.2, 0.25) is 0 Å². The van der Waals surface area contributed by atoms with Crippen molar-refractivity contribution in [3.05, 3.63) is 48.0 Å². The van der Waals surface area contributed by atoms with Gasteiger partial charge >= 0.3 is 0 Å². The summed E-state index contributed by atoms with van der Waals surface area (Å²) in [6, 6.07) is 11.3. The molecule has 142 valence electrons. The monoisotopic (exact) mass is 381 g/mol. The van der Waals surface area contributed by atoms with E-state index in [1.54, 1.807) is 30.3 Å². The molecule has 0 radical (unpaired) electrons. The SMILES string of the molecule is COc1cccc(C(O)CN(C)S(=O)(=O)c2ccc(OC)cc2OC)c1. The minimum Gasteiger partial charge on any atom is -0.497 e. The topological polar surface area (TPSA) is 85.3 Å². The van der Waals surface area contributed by atoms with Crippen LogP contribution in [0.1, 0.15) is 11.7 Å². The van der Waals surface area contributed by atoms with E-state index in [0.29, 0.717) is 17.1 Å². The van der Waals surface area contributed by atoms with Gasteiger partial charge < -0.3 is 19.3 Å². The molecule has 0 heterocycles. The highest BCUT2D eigenvalue weighted by Crippen LogP contribution is 2.31. The summed E-state index contributed by atoms with van der Waals surface area (Å²) >= 11 is 0. The van der Waals surface area contributed by atoms with Crippen LogP contribution in [0.3, 0.4) is 0 Å². The molecule has 0 bridgehead atoms. The van der Waals surface area contributed by atoms with Crippen molar-refractivity contribution in [2.24, 2.45) is 0 Å². The van der Waals surface area contributed by atoms with E-state index in [4.69, 9.17) is 14.2 Å². The van der Waals surface area contributed by atoms with E-state index in [9.17, 15) is 13.5 Å². The molecule has 0 aromatic heterocycles. The lowest BCUT2D eigenvalue weighted by Crippen LogP contribution is -2.31. The van der Waals surface area contributed by atoms with Crippen LogP contribution in [-0.4, -0.2) is 52.8 Å². The number of hydrogen-bond acceptors (Lipinski definition) is 6. The van der Waals surface area contributed by atoms with Gasteiger partial charge in [-0.05, 0) is 29.8 Å². The van der Waals surface area contributed by atoms with Crippen molar-refractivity contribution in [3.63, 3.8) is 0 Å². The van der Waals surface area contributed by atoms with Crippen LogP contribution >= 0.6 is 0 Å². The maximum Gasteiger partial charge on any atom is 0.246 e. The maximum atomic E-state index is 12.9. The molecule has 7 nitrogen and oxygen atoms in total. The molecule has 1 N–H and O–H groups in total. The highest BCUT2D eigenvalue weighted by molar-refractivity contribution is 7.89. The standard InChI is InChI=1S/C18H23NO6S/c1-19(12-16(20)13-6-5-7-14(10-13)23-2)26(21,22)18-9-8-15(24-3)11-17(18)25-4/h5-11,16,20H,12H2,1-4H3. The van der Waals surface area contributed by atoms with Gasteiger partial charge in [0.05, 0.1) is 27.4 Å². The van der Waals surface area contributed by atoms with Crippen molar-refractivity contribution >= 4 is 10.0 Å². The highest BCUT2D eigenvalue weighted by Gasteiger charge is 2.27. The average molecular weight is 381 g/mol. The average Bonchev–Trinajstić information content (AvgIpc) is 2.67. The predicted molar refractivity (Wildman–Crippen MR) is 97.3 cm³/mol. The summed E-state index contributed by atoms with van der Waals surface area (Å²) in [6.45, 7) is -0.120. The van der Waals surface area contributed by atoms with E-state index in [2.05, 4.69) is 0 Å². The molecule has 1 unspecified atom stereocenters. The molecule has 0 aliphatic heterocycles. The van der Waals surface area contributed by atoms with Crippen molar-refractivity contribution in [1.82, 2.24) is 4.31 Å². The van der Waals surface area contributed by atoms with Gasteiger partial charge in [0.25, 0.3) is 0 Å². The van der Waals surface area contributed by atoms with Crippen molar-refractivity contribution < 1.29 is 27.7 Å². The Morgan fingerprint density at radius 2 is 1.65 bits per heavy atom. The van der Waals surface area contributed by atoms with Crippen LogP contribution in [-0.2, 0) is 10.0 Å². The van der Waals surface area contributed by atoms with Gasteiger partial charge in [0, 0.05) is 19.7 Å². The van der Waals surface area contributed by atoms with Gasteiger partial charge in [-0.3, -0.25) is 0 Å². The molecule has 0 aliphatic carbocycles. The lowest BCUT2D eigenvalue weighted by Gasteiger charge is -2.22. The molecule has 2 aromatic carbocycles. The van der Waals surface area contributed by atoms with Gasteiger partial charge in [0.1, 0.15) is 22.1 Å². The Balaban J connectivity index is 2.26. The van der Waals surface area contributed by atoms with Crippen LogP contribution in [0.25, 0.3) is 0 Å². The number of hydrogen-bond donors (Lipinski definition) is 1. The summed E-state index contributed by atoms with van der Waals surface area (Å²) < 4.78 is 42.2. The maximum absolute atomic E-state index is 12.9. The van der Waals surface area contributed by atoms with E-state index in [0.717, 1.165) is 4.31 Å². The lowest BCUT2D eigenvalue weighted by molar-refractivity contribution is 0.154. The number of sulfonamides is 1. The molecule has 8 heteroatoms. The summed E-state index contributed by atoms with van der Waals surface area (Å²) in [7, 11) is 1.94. The molecule has 0 fully saturated rings. The smallest absolute Gasteiger partial charge is 0.246 e. The molecular weight excluding hydrogens is 358 g/mol. The number of nitrogens with zero attached hydrogens (tertiary/aromatic N) is 1. The van der Waals surface area contributed by atoms with Crippen molar-refractivity contribution in [1.29, 1.82) is 0 Å². The van der Waals surface area contributed by atoms with Crippen LogP contribution in [0.5, 0.6) is 17.2 Å².